The average molecular weight is 1120 g/mol. The van der Waals surface area contributed by atoms with Gasteiger partial charge in [-0.1, -0.05) is 115 Å². The van der Waals surface area contributed by atoms with Crippen LogP contribution in [0.2, 0.25) is 0 Å². The summed E-state index contributed by atoms with van der Waals surface area (Å²) in [6.07, 6.45) is 16.6. The van der Waals surface area contributed by atoms with Crippen LogP contribution < -0.4 is 0 Å². The first-order chi connectivity index (χ1) is 24.1. The van der Waals surface area contributed by atoms with Crippen LogP contribution >= 0.6 is 95.6 Å². The fourth-order valence-electron chi connectivity index (χ4n) is 5.34. The Morgan fingerprint density at radius 3 is 1.37 bits per heavy atom. The largest absolute Gasteiger partial charge is 0.490 e. The highest BCUT2D eigenvalue weighted by Crippen LogP contribution is 2.40. The number of rotatable bonds is 20. The van der Waals surface area contributed by atoms with E-state index in [9.17, 15) is 22.8 Å². The van der Waals surface area contributed by atoms with Gasteiger partial charge in [-0.05, 0) is 101 Å². The van der Waals surface area contributed by atoms with Gasteiger partial charge in [0.25, 0.3) is 0 Å². The van der Waals surface area contributed by atoms with E-state index in [0.29, 0.717) is 38.7 Å². The number of unbranched alkanes of at least 4 members (excludes halogenated alkanes) is 1. The topological polar surface area (TPSA) is 93.1 Å². The van der Waals surface area contributed by atoms with Gasteiger partial charge in [-0.25, -0.2) is 4.79 Å². The molecule has 11 atom stereocenters. The minimum atomic E-state index is -4.87. The first-order valence-electron chi connectivity index (χ1n) is 17.9. The number of alkyl halides is 9. The van der Waals surface area contributed by atoms with Crippen molar-refractivity contribution in [3.63, 3.8) is 0 Å². The van der Waals surface area contributed by atoms with Crippen LogP contribution in [0.3, 0.4) is 0 Å². The quantitative estimate of drug-likeness (QED) is 0.0546. The molecular weight excluding hydrogens is 1060 g/mol. The highest BCUT2D eigenvalue weighted by atomic mass is 79.9. The minimum absolute atomic E-state index is 0.00257. The van der Waals surface area contributed by atoms with Crippen molar-refractivity contribution in [2.24, 2.45) is 23.7 Å². The van der Waals surface area contributed by atoms with Gasteiger partial charge in [-0.3, -0.25) is 4.79 Å². The van der Waals surface area contributed by atoms with Crippen LogP contribution in [0.25, 0.3) is 0 Å². The molecule has 0 spiro atoms. The van der Waals surface area contributed by atoms with E-state index >= 15 is 0 Å². The second-order valence-corrected chi connectivity index (χ2v) is 19.7. The van der Waals surface area contributed by atoms with Crippen molar-refractivity contribution >= 4 is 108 Å². The molecule has 6 nitrogen and oxygen atoms in total. The molecule has 0 aliphatic heterocycles. The van der Waals surface area contributed by atoms with Crippen LogP contribution in [-0.2, 0) is 19.1 Å². The monoisotopic (exact) mass is 1110 g/mol. The van der Waals surface area contributed by atoms with Crippen molar-refractivity contribution in [3.8, 4) is 12.3 Å². The number of hydrogen-bond acceptors (Lipinski definition) is 6. The normalized spacial score (nSPS) is 28.4. The minimum Gasteiger partial charge on any atom is -0.462 e. The Morgan fingerprint density at radius 2 is 1.06 bits per heavy atom. The van der Waals surface area contributed by atoms with Gasteiger partial charge >= 0.3 is 18.1 Å². The lowest BCUT2D eigenvalue weighted by atomic mass is 10.1. The number of esters is 2. The third-order valence-corrected chi connectivity index (χ3v) is 16.3. The molecule has 4 rings (SSSR count). The Balaban J connectivity index is 0.000000349. The van der Waals surface area contributed by atoms with E-state index in [1.807, 2.05) is 0 Å². The van der Waals surface area contributed by atoms with Gasteiger partial charge in [0, 0.05) is 43.8 Å². The number of terminal acetylenes is 1. The molecule has 298 valence electrons. The van der Waals surface area contributed by atoms with Gasteiger partial charge in [-0.2, -0.15) is 13.2 Å². The van der Waals surface area contributed by atoms with Gasteiger partial charge in [0.2, 0.25) is 0 Å². The maximum Gasteiger partial charge on any atom is 0.490 e. The van der Waals surface area contributed by atoms with E-state index in [2.05, 4.69) is 106 Å². The number of carbonyl (C=O) groups is 2. The summed E-state index contributed by atoms with van der Waals surface area (Å²) in [5.74, 6) is 2.33. The van der Waals surface area contributed by atoms with Crippen molar-refractivity contribution in [2.45, 2.75) is 155 Å². The van der Waals surface area contributed by atoms with E-state index in [1.54, 1.807) is 0 Å². The Bertz CT molecular complexity index is 1020. The molecule has 0 radical (unpaired) electrons. The molecule has 51 heavy (non-hydrogen) atoms. The zero-order valence-electron chi connectivity index (χ0n) is 29.3. The average Bonchev–Trinajstić information content (AvgIpc) is 3.95. The van der Waals surface area contributed by atoms with E-state index in [0.717, 1.165) is 73.8 Å². The summed E-state index contributed by atoms with van der Waals surface area (Å²) < 4.78 is 45.1. The van der Waals surface area contributed by atoms with E-state index < -0.39 is 18.2 Å². The molecule has 4 aliphatic carbocycles. The Hall–Kier alpha value is 1.09. The molecule has 0 bridgehead atoms. The molecule has 2 N–H and O–H groups in total. The van der Waals surface area contributed by atoms with E-state index in [-0.39, 0.29) is 30.2 Å². The number of aliphatic hydroxyl groups excluding tert-OH is 2. The fourth-order valence-corrected chi connectivity index (χ4v) is 7.28. The van der Waals surface area contributed by atoms with Gasteiger partial charge in [-0.15, -0.1) is 12.3 Å². The van der Waals surface area contributed by atoms with E-state index in [4.69, 9.17) is 21.4 Å². The predicted octanol–water partition coefficient (Wildman–Crippen LogP) is 10.9. The van der Waals surface area contributed by atoms with Crippen molar-refractivity contribution in [3.05, 3.63) is 0 Å². The molecule has 0 aromatic rings. The summed E-state index contributed by atoms with van der Waals surface area (Å²) in [5.41, 5.74) is 0. The number of halogens is 9. The molecule has 0 saturated heterocycles. The van der Waals surface area contributed by atoms with Gasteiger partial charge < -0.3 is 19.7 Å². The van der Waals surface area contributed by atoms with Crippen LogP contribution in [-0.4, -0.2) is 83.2 Å². The van der Waals surface area contributed by atoms with Crippen LogP contribution in [0.15, 0.2) is 0 Å². The van der Waals surface area contributed by atoms with Crippen molar-refractivity contribution in [2.75, 3.05) is 16.0 Å². The maximum absolute atomic E-state index is 11.9. The Labute approximate surface area is 353 Å². The molecule has 0 heterocycles. The number of hydrogen-bond donors (Lipinski definition) is 2. The molecule has 0 amide bonds. The zero-order valence-corrected chi connectivity index (χ0v) is 38.8. The fraction of sp³-hybridized carbons (Fsp3) is 0.889. The standard InChI is InChI=1S/C10H13Br2F3O2.C10H16Br2O2.C8H14Br2O.C8H12O/c11-5-7(12)3-1-2-6-4-8(6)17-9(16)10(13,14)15;1-7(13)14-10-5-8(10)3-2-4-9(12)6-11;9-5-7(10)3-1-2-6-4-8(6)11;1-2-3-4-5-7-6-8(7)9/h6-8H,1-5H2;8-10H,2-6H2,1H3;6-8,11H,1-5H2;1,7-9H,3-6H2/t6-,7?,8-;8-,9?,10-;6-,7?,8-;7-,8-/m1111/s1. The molecule has 4 aliphatic rings. The lowest BCUT2D eigenvalue weighted by molar-refractivity contribution is -0.201. The highest BCUT2D eigenvalue weighted by Gasteiger charge is 2.48. The third kappa shape index (κ3) is 26.6. The van der Waals surface area contributed by atoms with Crippen molar-refractivity contribution < 1.29 is 42.4 Å². The highest BCUT2D eigenvalue weighted by molar-refractivity contribution is 9.12. The first kappa shape index (κ1) is 50.1. The number of ether oxygens (including phenoxy) is 2. The second kappa shape index (κ2) is 27.6. The summed E-state index contributed by atoms with van der Waals surface area (Å²) in [5, 5.41) is 20.8. The second-order valence-electron chi connectivity index (χ2n) is 13.9. The lowest BCUT2D eigenvalue weighted by Crippen LogP contribution is -2.26. The third-order valence-electron chi connectivity index (χ3n) is 8.97. The van der Waals surface area contributed by atoms with Gasteiger partial charge in [0.1, 0.15) is 12.2 Å². The SMILES string of the molecule is C#CCCC[C@@H]1C[C@H]1O.CC(=O)O[C@@H]1C[C@H]1CCCC(Br)CBr.O=C(O[C@@H]1C[C@H]1CCCC(Br)CBr)C(F)(F)F.O[C@@H]1C[C@H]1CCCC(Br)CBr. The molecule has 0 aromatic heterocycles. The summed E-state index contributed by atoms with van der Waals surface area (Å²) >= 11 is 20.7. The first-order valence-corrected chi connectivity index (χ1v) is 24.0. The van der Waals surface area contributed by atoms with Crippen LogP contribution in [0.4, 0.5) is 13.2 Å². The molecular formula is C36H55Br6F3O6. The Morgan fingerprint density at radius 1 is 0.706 bits per heavy atom. The maximum atomic E-state index is 11.9. The summed E-state index contributed by atoms with van der Waals surface area (Å²) in [6, 6.07) is 0. The number of aliphatic hydroxyl groups is 2. The Kier molecular flexibility index (Phi) is 27.2. The molecule has 4 saturated carbocycles. The van der Waals surface area contributed by atoms with Crippen molar-refractivity contribution in [1.82, 2.24) is 0 Å². The van der Waals surface area contributed by atoms with E-state index in [1.165, 1.54) is 45.4 Å². The lowest BCUT2D eigenvalue weighted by Gasteiger charge is -2.07. The molecule has 15 heteroatoms. The van der Waals surface area contributed by atoms with Crippen molar-refractivity contribution in [1.29, 1.82) is 0 Å². The molecule has 4 fully saturated rings. The van der Waals surface area contributed by atoms with Crippen LogP contribution in [0.1, 0.15) is 110 Å². The van der Waals surface area contributed by atoms with Gasteiger partial charge in [0.15, 0.2) is 0 Å². The summed E-state index contributed by atoms with van der Waals surface area (Å²) in [4.78, 5) is 22.7. The summed E-state index contributed by atoms with van der Waals surface area (Å²) in [7, 11) is 0. The number of carbonyl (C=O) groups excluding carboxylic acids is 2. The molecule has 0 aromatic carbocycles. The summed E-state index contributed by atoms with van der Waals surface area (Å²) in [6.45, 7) is 1.48. The zero-order chi connectivity index (χ0) is 38.6. The van der Waals surface area contributed by atoms with Crippen LogP contribution in [0.5, 0.6) is 0 Å². The smallest absolute Gasteiger partial charge is 0.462 e. The van der Waals surface area contributed by atoms with Gasteiger partial charge in [0.05, 0.1) is 12.2 Å². The van der Waals surface area contributed by atoms with Crippen LogP contribution in [0, 0.1) is 36.0 Å². The predicted molar refractivity (Wildman–Crippen MR) is 220 cm³/mol. The molecule has 3 unspecified atom stereocenters.